The molecule has 1 N–H and O–H groups in total. The molecule has 0 radical (unpaired) electrons. The van der Waals surface area contributed by atoms with E-state index in [0.29, 0.717) is 5.56 Å². The zero-order valence-corrected chi connectivity index (χ0v) is 10.7. The van der Waals surface area contributed by atoms with Crippen molar-refractivity contribution in [3.8, 4) is 0 Å². The standard InChI is InChI=1S/C10H10BrF3N2O2/c11-9-7(2-1-3-8(9)16(17)18)6-15-5-4-10(12,13)14/h1-3,15H,4-6H2. The first-order valence-corrected chi connectivity index (χ1v) is 5.80. The van der Waals surface area contributed by atoms with Gasteiger partial charge in [-0.05, 0) is 21.5 Å². The summed E-state index contributed by atoms with van der Waals surface area (Å²) in [5.74, 6) is 0. The van der Waals surface area contributed by atoms with Gasteiger partial charge in [0.15, 0.2) is 0 Å². The highest BCUT2D eigenvalue weighted by molar-refractivity contribution is 9.10. The third-order valence-corrected chi connectivity index (χ3v) is 3.07. The van der Waals surface area contributed by atoms with Crippen LogP contribution in [0, 0.1) is 10.1 Å². The maximum absolute atomic E-state index is 11.9. The fourth-order valence-corrected chi connectivity index (χ4v) is 1.85. The van der Waals surface area contributed by atoms with Crippen LogP contribution in [0.15, 0.2) is 22.7 Å². The molecule has 0 fully saturated rings. The molecule has 0 saturated carbocycles. The molecule has 0 bridgehead atoms. The zero-order valence-electron chi connectivity index (χ0n) is 9.13. The topological polar surface area (TPSA) is 55.2 Å². The molecule has 100 valence electrons. The maximum Gasteiger partial charge on any atom is 0.390 e. The molecule has 0 aliphatic rings. The zero-order chi connectivity index (χ0) is 13.8. The van der Waals surface area contributed by atoms with Crippen molar-refractivity contribution in [2.24, 2.45) is 0 Å². The van der Waals surface area contributed by atoms with Gasteiger partial charge in [-0.15, -0.1) is 0 Å². The van der Waals surface area contributed by atoms with Gasteiger partial charge in [0.05, 0.1) is 15.8 Å². The third kappa shape index (κ3) is 4.61. The Morgan fingerprint density at radius 2 is 2.06 bits per heavy atom. The van der Waals surface area contributed by atoms with Gasteiger partial charge in [-0.3, -0.25) is 10.1 Å². The molecule has 0 aromatic heterocycles. The average molecular weight is 327 g/mol. The number of hydrogen-bond acceptors (Lipinski definition) is 3. The quantitative estimate of drug-likeness (QED) is 0.512. The first kappa shape index (κ1) is 14.9. The molecule has 1 aromatic rings. The Morgan fingerprint density at radius 1 is 1.39 bits per heavy atom. The van der Waals surface area contributed by atoms with E-state index >= 15 is 0 Å². The number of nitrogens with zero attached hydrogens (tertiary/aromatic N) is 1. The van der Waals surface area contributed by atoms with E-state index in [9.17, 15) is 23.3 Å². The Morgan fingerprint density at radius 3 is 2.61 bits per heavy atom. The Labute approximate surface area is 109 Å². The number of rotatable bonds is 5. The number of nitro groups is 1. The molecule has 0 heterocycles. The summed E-state index contributed by atoms with van der Waals surface area (Å²) in [6.45, 7) is -0.0863. The van der Waals surface area contributed by atoms with E-state index in [0.717, 1.165) is 0 Å². The summed E-state index contributed by atoms with van der Waals surface area (Å²) in [6.07, 6.45) is -5.13. The predicted molar refractivity (Wildman–Crippen MR) is 63.2 cm³/mol. The third-order valence-electron chi connectivity index (χ3n) is 2.16. The van der Waals surface area contributed by atoms with E-state index in [2.05, 4.69) is 21.2 Å². The summed E-state index contributed by atoms with van der Waals surface area (Å²) in [6, 6.07) is 4.42. The van der Waals surface area contributed by atoms with Gasteiger partial charge in [-0.25, -0.2) is 0 Å². The Kier molecular flexibility index (Phi) is 5.09. The van der Waals surface area contributed by atoms with E-state index in [1.165, 1.54) is 12.1 Å². The summed E-state index contributed by atoms with van der Waals surface area (Å²) in [7, 11) is 0. The van der Waals surface area contributed by atoms with Gasteiger partial charge in [0, 0.05) is 19.2 Å². The van der Waals surface area contributed by atoms with Crippen molar-refractivity contribution < 1.29 is 18.1 Å². The molecule has 0 unspecified atom stereocenters. The van der Waals surface area contributed by atoms with Crippen LogP contribution in [0.3, 0.4) is 0 Å². The van der Waals surface area contributed by atoms with Crippen LogP contribution in [0.1, 0.15) is 12.0 Å². The first-order valence-electron chi connectivity index (χ1n) is 5.00. The molecular weight excluding hydrogens is 317 g/mol. The molecule has 0 saturated heterocycles. The number of benzene rings is 1. The van der Waals surface area contributed by atoms with Crippen LogP contribution >= 0.6 is 15.9 Å². The van der Waals surface area contributed by atoms with Crippen LogP contribution in [0.25, 0.3) is 0 Å². The van der Waals surface area contributed by atoms with Gasteiger partial charge >= 0.3 is 6.18 Å². The largest absolute Gasteiger partial charge is 0.390 e. The number of hydrogen-bond donors (Lipinski definition) is 1. The fourth-order valence-electron chi connectivity index (χ4n) is 1.30. The molecule has 18 heavy (non-hydrogen) atoms. The minimum atomic E-state index is -4.20. The van der Waals surface area contributed by atoms with E-state index in [4.69, 9.17) is 0 Å². The van der Waals surface area contributed by atoms with E-state index in [1.54, 1.807) is 6.07 Å². The Bertz CT molecular complexity index is 438. The predicted octanol–water partition coefficient (Wildman–Crippen LogP) is 3.40. The Balaban J connectivity index is 2.58. The highest BCUT2D eigenvalue weighted by Crippen LogP contribution is 2.28. The van der Waals surface area contributed by atoms with Gasteiger partial charge in [0.25, 0.3) is 5.69 Å². The molecule has 0 amide bonds. The van der Waals surface area contributed by atoms with E-state index in [1.807, 2.05) is 0 Å². The van der Waals surface area contributed by atoms with Gasteiger partial charge < -0.3 is 5.32 Å². The fraction of sp³-hybridized carbons (Fsp3) is 0.400. The van der Waals surface area contributed by atoms with Crippen molar-refractivity contribution in [3.05, 3.63) is 38.3 Å². The second kappa shape index (κ2) is 6.14. The van der Waals surface area contributed by atoms with Crippen molar-refractivity contribution in [2.45, 2.75) is 19.1 Å². The summed E-state index contributed by atoms with van der Waals surface area (Å²) in [5.41, 5.74) is 0.441. The van der Waals surface area contributed by atoms with Crippen molar-refractivity contribution in [1.82, 2.24) is 5.32 Å². The summed E-state index contributed by atoms with van der Waals surface area (Å²) >= 11 is 3.07. The number of nitro benzene ring substituents is 1. The number of halogens is 4. The summed E-state index contributed by atoms with van der Waals surface area (Å²) < 4.78 is 36.0. The van der Waals surface area contributed by atoms with Crippen LogP contribution in [0.2, 0.25) is 0 Å². The number of alkyl halides is 3. The lowest BCUT2D eigenvalue weighted by Crippen LogP contribution is -2.21. The summed E-state index contributed by atoms with van der Waals surface area (Å²) in [4.78, 5) is 10.1. The Hall–Kier alpha value is -1.15. The first-order chi connectivity index (χ1) is 8.31. The van der Waals surface area contributed by atoms with E-state index < -0.39 is 17.5 Å². The van der Waals surface area contributed by atoms with Crippen molar-refractivity contribution in [1.29, 1.82) is 0 Å². The van der Waals surface area contributed by atoms with Gasteiger partial charge in [-0.2, -0.15) is 13.2 Å². The molecule has 0 aliphatic carbocycles. The van der Waals surface area contributed by atoms with Gasteiger partial charge in [-0.1, -0.05) is 12.1 Å². The van der Waals surface area contributed by atoms with Crippen molar-refractivity contribution in [2.75, 3.05) is 6.54 Å². The minimum absolute atomic E-state index is 0.106. The van der Waals surface area contributed by atoms with Crippen LogP contribution in [0.4, 0.5) is 18.9 Å². The van der Waals surface area contributed by atoms with Gasteiger partial charge in [0.2, 0.25) is 0 Å². The van der Waals surface area contributed by atoms with Gasteiger partial charge in [0.1, 0.15) is 0 Å². The minimum Gasteiger partial charge on any atom is -0.312 e. The molecule has 0 spiro atoms. The van der Waals surface area contributed by atoms with Crippen LogP contribution in [-0.4, -0.2) is 17.6 Å². The second-order valence-corrected chi connectivity index (χ2v) is 4.34. The molecule has 0 atom stereocenters. The van der Waals surface area contributed by atoms with Crippen LogP contribution in [0.5, 0.6) is 0 Å². The number of nitrogens with one attached hydrogen (secondary N) is 1. The molecular formula is C10H10BrF3N2O2. The van der Waals surface area contributed by atoms with E-state index in [-0.39, 0.29) is 23.2 Å². The van der Waals surface area contributed by atoms with Crippen LogP contribution < -0.4 is 5.32 Å². The molecule has 8 heteroatoms. The molecule has 0 aliphatic heterocycles. The molecule has 1 rings (SSSR count). The summed E-state index contributed by atoms with van der Waals surface area (Å²) in [5, 5.41) is 13.2. The second-order valence-electron chi connectivity index (χ2n) is 3.55. The highest BCUT2D eigenvalue weighted by atomic mass is 79.9. The molecule has 1 aromatic carbocycles. The normalized spacial score (nSPS) is 11.6. The smallest absolute Gasteiger partial charge is 0.312 e. The monoisotopic (exact) mass is 326 g/mol. The lowest BCUT2D eigenvalue weighted by atomic mass is 10.2. The van der Waals surface area contributed by atoms with Crippen molar-refractivity contribution >= 4 is 21.6 Å². The molecule has 4 nitrogen and oxygen atoms in total. The lowest BCUT2D eigenvalue weighted by molar-refractivity contribution is -0.385. The van der Waals surface area contributed by atoms with Crippen molar-refractivity contribution in [3.63, 3.8) is 0 Å². The van der Waals surface area contributed by atoms with Crippen LogP contribution in [-0.2, 0) is 6.54 Å². The SMILES string of the molecule is O=[N+]([O-])c1cccc(CNCCC(F)(F)F)c1Br. The lowest BCUT2D eigenvalue weighted by Gasteiger charge is -2.09. The highest BCUT2D eigenvalue weighted by Gasteiger charge is 2.26. The average Bonchev–Trinajstić information content (AvgIpc) is 2.24. The maximum atomic E-state index is 11.9.